The van der Waals surface area contributed by atoms with E-state index in [9.17, 15) is 9.18 Å². The Morgan fingerprint density at radius 2 is 1.75 bits per heavy atom. The van der Waals surface area contributed by atoms with E-state index in [0.717, 1.165) is 5.56 Å². The normalized spacial score (nSPS) is 10.6. The van der Waals surface area contributed by atoms with Gasteiger partial charge in [-0.3, -0.25) is 9.79 Å². The lowest BCUT2D eigenvalue weighted by molar-refractivity contribution is -0.118. The van der Waals surface area contributed by atoms with Crippen LogP contribution < -0.4 is 14.8 Å². The number of hydrogen-bond donors (Lipinski definition) is 1. The SMILES string of the molecule is COc1ccccc1NC(=O)COc1ccc(C=Nc2ccccc2F)cc1. The van der Waals surface area contributed by atoms with Gasteiger partial charge in [-0.25, -0.2) is 4.39 Å². The van der Waals surface area contributed by atoms with Crippen LogP contribution in [0.3, 0.4) is 0 Å². The second-order valence-corrected chi connectivity index (χ2v) is 5.82. The molecular weight excluding hydrogens is 359 g/mol. The Labute approximate surface area is 162 Å². The third-order valence-corrected chi connectivity index (χ3v) is 3.84. The highest BCUT2D eigenvalue weighted by Gasteiger charge is 2.07. The molecule has 0 saturated carbocycles. The molecule has 3 aromatic rings. The smallest absolute Gasteiger partial charge is 0.262 e. The predicted octanol–water partition coefficient (Wildman–Crippen LogP) is 4.60. The number of rotatable bonds is 7. The van der Waals surface area contributed by atoms with E-state index in [0.29, 0.717) is 17.2 Å². The lowest BCUT2D eigenvalue weighted by Crippen LogP contribution is -2.20. The number of benzene rings is 3. The maximum atomic E-state index is 13.6. The summed E-state index contributed by atoms with van der Waals surface area (Å²) in [5.41, 5.74) is 1.64. The Hall–Kier alpha value is -3.67. The molecule has 6 heteroatoms. The molecule has 3 aromatic carbocycles. The van der Waals surface area contributed by atoms with Crippen molar-refractivity contribution in [2.75, 3.05) is 19.0 Å². The van der Waals surface area contributed by atoms with Crippen molar-refractivity contribution in [3.05, 3.63) is 84.2 Å². The zero-order valence-electron chi connectivity index (χ0n) is 15.3. The first-order chi connectivity index (χ1) is 13.7. The predicted molar refractivity (Wildman–Crippen MR) is 107 cm³/mol. The number of para-hydroxylation sites is 3. The fourth-order valence-corrected chi connectivity index (χ4v) is 2.43. The molecule has 0 aliphatic heterocycles. The molecule has 1 amide bonds. The fourth-order valence-electron chi connectivity index (χ4n) is 2.43. The molecule has 0 aliphatic carbocycles. The quantitative estimate of drug-likeness (QED) is 0.611. The van der Waals surface area contributed by atoms with Crippen LogP contribution in [0.4, 0.5) is 15.8 Å². The van der Waals surface area contributed by atoms with Crippen molar-refractivity contribution in [3.63, 3.8) is 0 Å². The lowest BCUT2D eigenvalue weighted by Gasteiger charge is -2.10. The Balaban J connectivity index is 1.54. The van der Waals surface area contributed by atoms with Gasteiger partial charge in [0.15, 0.2) is 6.61 Å². The van der Waals surface area contributed by atoms with Crippen LogP contribution in [-0.4, -0.2) is 25.8 Å². The van der Waals surface area contributed by atoms with Crippen LogP contribution in [0, 0.1) is 5.82 Å². The van der Waals surface area contributed by atoms with Gasteiger partial charge >= 0.3 is 0 Å². The maximum absolute atomic E-state index is 13.6. The zero-order valence-corrected chi connectivity index (χ0v) is 15.3. The van der Waals surface area contributed by atoms with E-state index < -0.39 is 0 Å². The second-order valence-electron chi connectivity index (χ2n) is 5.82. The van der Waals surface area contributed by atoms with Crippen molar-refractivity contribution in [1.29, 1.82) is 0 Å². The molecule has 0 atom stereocenters. The molecule has 0 radical (unpaired) electrons. The summed E-state index contributed by atoms with van der Waals surface area (Å²) in [5.74, 6) is 0.446. The van der Waals surface area contributed by atoms with Crippen LogP contribution in [0.2, 0.25) is 0 Å². The third kappa shape index (κ3) is 5.17. The van der Waals surface area contributed by atoms with E-state index >= 15 is 0 Å². The Morgan fingerprint density at radius 3 is 2.50 bits per heavy atom. The Bertz CT molecular complexity index is 972. The molecule has 0 spiro atoms. The number of carbonyl (C=O) groups is 1. The molecule has 0 bridgehead atoms. The monoisotopic (exact) mass is 378 g/mol. The third-order valence-electron chi connectivity index (χ3n) is 3.84. The molecule has 0 aliphatic rings. The average Bonchev–Trinajstić information content (AvgIpc) is 2.73. The van der Waals surface area contributed by atoms with Gasteiger partial charge in [0.2, 0.25) is 0 Å². The van der Waals surface area contributed by atoms with Gasteiger partial charge in [-0.1, -0.05) is 24.3 Å². The molecule has 0 aromatic heterocycles. The van der Waals surface area contributed by atoms with Crippen LogP contribution in [-0.2, 0) is 4.79 Å². The number of amides is 1. The fraction of sp³-hybridized carbons (Fsp3) is 0.0909. The second kappa shape index (κ2) is 9.32. The van der Waals surface area contributed by atoms with Crippen LogP contribution in [0.15, 0.2) is 77.8 Å². The molecule has 0 heterocycles. The number of carbonyl (C=O) groups excluding carboxylic acids is 1. The summed E-state index contributed by atoms with van der Waals surface area (Å²) in [6, 6.07) is 20.4. The first-order valence-corrected chi connectivity index (χ1v) is 8.60. The van der Waals surface area contributed by atoms with Gasteiger partial charge < -0.3 is 14.8 Å². The lowest BCUT2D eigenvalue weighted by atomic mass is 10.2. The van der Waals surface area contributed by atoms with Crippen LogP contribution in [0.5, 0.6) is 11.5 Å². The van der Waals surface area contributed by atoms with Crippen molar-refractivity contribution in [3.8, 4) is 11.5 Å². The maximum Gasteiger partial charge on any atom is 0.262 e. The number of nitrogens with zero attached hydrogens (tertiary/aromatic N) is 1. The highest BCUT2D eigenvalue weighted by Crippen LogP contribution is 2.23. The summed E-state index contributed by atoms with van der Waals surface area (Å²) >= 11 is 0. The number of methoxy groups -OCH3 is 1. The van der Waals surface area contributed by atoms with Crippen LogP contribution in [0.1, 0.15) is 5.56 Å². The topological polar surface area (TPSA) is 59.9 Å². The molecular formula is C22H19FN2O3. The first kappa shape index (κ1) is 19.1. The van der Waals surface area contributed by atoms with E-state index in [4.69, 9.17) is 9.47 Å². The van der Waals surface area contributed by atoms with E-state index in [2.05, 4.69) is 10.3 Å². The summed E-state index contributed by atoms with van der Waals surface area (Å²) in [4.78, 5) is 16.2. The van der Waals surface area contributed by atoms with Gasteiger partial charge in [-0.15, -0.1) is 0 Å². The molecule has 5 nitrogen and oxygen atoms in total. The van der Waals surface area contributed by atoms with Crippen molar-refractivity contribution in [1.82, 2.24) is 0 Å². The number of aliphatic imine (C=N–C) groups is 1. The van der Waals surface area contributed by atoms with E-state index in [1.807, 2.05) is 6.07 Å². The summed E-state index contributed by atoms with van der Waals surface area (Å²) < 4.78 is 24.2. The van der Waals surface area contributed by atoms with E-state index in [1.54, 1.807) is 74.0 Å². The number of hydrogen-bond acceptors (Lipinski definition) is 4. The van der Waals surface area contributed by atoms with Gasteiger partial charge in [-0.05, 0) is 54.1 Å². The number of anilines is 1. The van der Waals surface area contributed by atoms with Gasteiger partial charge in [-0.2, -0.15) is 0 Å². The number of nitrogens with one attached hydrogen (secondary N) is 1. The summed E-state index contributed by atoms with van der Waals surface area (Å²) in [7, 11) is 1.54. The van der Waals surface area contributed by atoms with Gasteiger partial charge in [0.05, 0.1) is 18.5 Å². The molecule has 0 saturated heterocycles. The number of ether oxygens (including phenoxy) is 2. The first-order valence-electron chi connectivity index (χ1n) is 8.60. The highest BCUT2D eigenvalue weighted by atomic mass is 19.1. The van der Waals surface area contributed by atoms with E-state index in [-0.39, 0.29) is 24.0 Å². The summed E-state index contributed by atoms with van der Waals surface area (Å²) in [6.45, 7) is -0.138. The molecule has 0 unspecified atom stereocenters. The Kier molecular flexibility index (Phi) is 6.36. The number of halogens is 1. The van der Waals surface area contributed by atoms with Gasteiger partial charge in [0, 0.05) is 6.21 Å². The minimum atomic E-state index is -0.375. The van der Waals surface area contributed by atoms with Crippen molar-refractivity contribution in [2.24, 2.45) is 4.99 Å². The summed E-state index contributed by atoms with van der Waals surface area (Å²) in [6.07, 6.45) is 1.57. The van der Waals surface area contributed by atoms with Crippen LogP contribution in [0.25, 0.3) is 0 Å². The summed E-state index contributed by atoms with van der Waals surface area (Å²) in [5, 5.41) is 2.74. The molecule has 3 rings (SSSR count). The van der Waals surface area contributed by atoms with Crippen molar-refractivity contribution < 1.29 is 18.7 Å². The van der Waals surface area contributed by atoms with Gasteiger partial charge in [0.1, 0.15) is 17.3 Å². The van der Waals surface area contributed by atoms with E-state index in [1.165, 1.54) is 6.07 Å². The molecule has 28 heavy (non-hydrogen) atoms. The zero-order chi connectivity index (χ0) is 19.8. The van der Waals surface area contributed by atoms with Crippen molar-refractivity contribution >= 4 is 23.5 Å². The Morgan fingerprint density at radius 1 is 1.04 bits per heavy atom. The minimum Gasteiger partial charge on any atom is -0.495 e. The standard InChI is InChI=1S/C22H19FN2O3/c1-27-21-9-5-4-8-20(21)25-22(26)15-28-17-12-10-16(11-13-17)14-24-19-7-3-2-6-18(19)23/h2-14H,15H2,1H3,(H,25,26). The molecule has 142 valence electrons. The van der Waals surface area contributed by atoms with Crippen molar-refractivity contribution in [2.45, 2.75) is 0 Å². The highest BCUT2D eigenvalue weighted by molar-refractivity contribution is 5.93. The van der Waals surface area contributed by atoms with Gasteiger partial charge in [0.25, 0.3) is 5.91 Å². The largest absolute Gasteiger partial charge is 0.495 e. The minimum absolute atomic E-state index is 0.138. The molecule has 0 fully saturated rings. The molecule has 1 N–H and O–H groups in total. The van der Waals surface area contributed by atoms with Crippen LogP contribution >= 0.6 is 0 Å². The average molecular weight is 378 g/mol.